The first-order valence-electron chi connectivity index (χ1n) is 9.37. The van der Waals surface area contributed by atoms with Crippen LogP contribution in [-0.4, -0.2) is 26.9 Å². The number of benzene rings is 2. The lowest BCUT2D eigenvalue weighted by Gasteiger charge is -2.14. The van der Waals surface area contributed by atoms with E-state index in [4.69, 9.17) is 0 Å². The molecule has 1 N–H and O–H groups in total. The van der Waals surface area contributed by atoms with E-state index in [1.165, 1.54) is 32.2 Å². The van der Waals surface area contributed by atoms with Crippen LogP contribution in [0.15, 0.2) is 47.9 Å². The molecule has 0 unspecified atom stereocenters. The van der Waals surface area contributed by atoms with Crippen LogP contribution in [0.1, 0.15) is 27.1 Å². The third kappa shape index (κ3) is 4.05. The molecule has 6 heteroatoms. The number of nitrogens with one attached hydrogen (secondary N) is 1. The van der Waals surface area contributed by atoms with Crippen LogP contribution in [0.2, 0.25) is 0 Å². The van der Waals surface area contributed by atoms with Gasteiger partial charge in [0.25, 0.3) is 0 Å². The van der Waals surface area contributed by atoms with Gasteiger partial charge in [0.15, 0.2) is 0 Å². The van der Waals surface area contributed by atoms with Crippen molar-refractivity contribution in [2.75, 3.05) is 13.6 Å². The number of sulfonamides is 1. The van der Waals surface area contributed by atoms with Gasteiger partial charge in [0.05, 0.1) is 0 Å². The molecule has 4 nitrogen and oxygen atoms in total. The van der Waals surface area contributed by atoms with Crippen molar-refractivity contribution in [2.24, 2.45) is 0 Å². The van der Waals surface area contributed by atoms with Gasteiger partial charge in [-0.15, -0.1) is 11.3 Å². The maximum Gasteiger partial charge on any atom is 0.234 e. The van der Waals surface area contributed by atoms with Crippen molar-refractivity contribution < 1.29 is 8.42 Å². The summed E-state index contributed by atoms with van der Waals surface area (Å²) >= 11 is 1.70. The van der Waals surface area contributed by atoms with Crippen molar-refractivity contribution in [1.29, 1.82) is 0 Å². The van der Waals surface area contributed by atoms with E-state index in [0.717, 1.165) is 30.0 Å². The Bertz CT molecular complexity index is 1130. The van der Waals surface area contributed by atoms with Gasteiger partial charge < -0.3 is 4.90 Å². The molecular weight excluding hydrogens is 388 g/mol. The summed E-state index contributed by atoms with van der Waals surface area (Å²) in [6.45, 7) is 4.36. The van der Waals surface area contributed by atoms with E-state index in [2.05, 4.69) is 35.7 Å². The van der Waals surface area contributed by atoms with Gasteiger partial charge >= 0.3 is 0 Å². The maximum atomic E-state index is 12.5. The third-order valence-corrected chi connectivity index (χ3v) is 7.46. The van der Waals surface area contributed by atoms with Crippen molar-refractivity contribution >= 4 is 37.5 Å². The summed E-state index contributed by atoms with van der Waals surface area (Å²) in [5.41, 5.74) is 4.86. The lowest BCUT2D eigenvalue weighted by molar-refractivity contribution is 0.336. The predicted octanol–water partition coefficient (Wildman–Crippen LogP) is 4.29. The molecule has 0 aliphatic carbocycles. The highest BCUT2D eigenvalue weighted by molar-refractivity contribution is 7.92. The molecule has 2 heterocycles. The molecule has 0 fully saturated rings. The largest absolute Gasteiger partial charge is 0.302 e. The molecule has 28 heavy (non-hydrogen) atoms. The number of thiophene rings is 1. The molecule has 0 bridgehead atoms. The zero-order valence-electron chi connectivity index (χ0n) is 16.1. The van der Waals surface area contributed by atoms with E-state index in [9.17, 15) is 8.42 Å². The highest BCUT2D eigenvalue weighted by Gasteiger charge is 2.21. The van der Waals surface area contributed by atoms with Gasteiger partial charge in [-0.1, -0.05) is 36.4 Å². The Morgan fingerprint density at radius 2 is 1.93 bits per heavy atom. The van der Waals surface area contributed by atoms with E-state index in [-0.39, 0.29) is 0 Å². The van der Waals surface area contributed by atoms with Crippen molar-refractivity contribution in [3.8, 4) is 0 Å². The molecule has 0 saturated carbocycles. The molecule has 0 saturated heterocycles. The quantitative estimate of drug-likeness (QED) is 0.680. The normalized spacial score (nSPS) is 15.4. The summed E-state index contributed by atoms with van der Waals surface area (Å²) < 4.78 is 28.9. The Balaban J connectivity index is 1.61. The molecule has 146 valence electrons. The molecular formula is C22H24N2O2S2. The second-order valence-corrected chi connectivity index (χ2v) is 10.1. The molecule has 4 rings (SSSR count). The second-order valence-electron chi connectivity index (χ2n) is 7.31. The standard InChI is InChI=1S/C22H24N2O2S2/c1-16-8-9-20-22-18(16)10-12-24(2)15-19(22)21(27-20)14-23-28(25,26)13-11-17-6-4-3-5-7-17/h3-9,11,13,23H,10,12,14-15H2,1-2H3. The fraction of sp³-hybridized carbons (Fsp3) is 0.273. The molecule has 1 aliphatic heterocycles. The minimum atomic E-state index is -3.50. The van der Waals surface area contributed by atoms with Crippen LogP contribution in [0.25, 0.3) is 16.2 Å². The van der Waals surface area contributed by atoms with Crippen molar-refractivity contribution in [2.45, 2.75) is 26.4 Å². The monoisotopic (exact) mass is 412 g/mol. The first-order valence-corrected chi connectivity index (χ1v) is 11.7. The third-order valence-electron chi connectivity index (χ3n) is 5.23. The summed E-state index contributed by atoms with van der Waals surface area (Å²) in [5.74, 6) is 0. The van der Waals surface area contributed by atoms with Gasteiger partial charge in [-0.05, 0) is 54.8 Å². The fourth-order valence-electron chi connectivity index (χ4n) is 3.71. The molecule has 0 radical (unpaired) electrons. The van der Waals surface area contributed by atoms with Gasteiger partial charge in [-0.2, -0.15) is 0 Å². The minimum Gasteiger partial charge on any atom is -0.302 e. The summed E-state index contributed by atoms with van der Waals surface area (Å²) in [4.78, 5) is 3.42. The number of rotatable bonds is 5. The van der Waals surface area contributed by atoms with Crippen LogP contribution in [0.4, 0.5) is 0 Å². The van der Waals surface area contributed by atoms with Gasteiger partial charge in [0, 0.05) is 40.0 Å². The zero-order chi connectivity index (χ0) is 19.7. The molecule has 1 aliphatic rings. The Morgan fingerprint density at radius 1 is 1.14 bits per heavy atom. The van der Waals surface area contributed by atoms with E-state index in [1.807, 2.05) is 30.3 Å². The first-order chi connectivity index (χ1) is 13.4. The molecule has 2 aromatic carbocycles. The van der Waals surface area contributed by atoms with E-state index < -0.39 is 10.0 Å². The maximum absolute atomic E-state index is 12.5. The summed E-state index contributed by atoms with van der Waals surface area (Å²) in [7, 11) is -1.37. The topological polar surface area (TPSA) is 49.4 Å². The fourth-order valence-corrected chi connectivity index (χ4v) is 5.76. The Morgan fingerprint density at radius 3 is 2.71 bits per heavy atom. The zero-order valence-corrected chi connectivity index (χ0v) is 17.7. The van der Waals surface area contributed by atoms with Crippen LogP contribution in [-0.2, 0) is 29.5 Å². The van der Waals surface area contributed by atoms with Crippen LogP contribution in [0.3, 0.4) is 0 Å². The van der Waals surface area contributed by atoms with Crippen molar-refractivity contribution in [3.63, 3.8) is 0 Å². The van der Waals surface area contributed by atoms with Crippen LogP contribution in [0, 0.1) is 6.92 Å². The molecule has 0 amide bonds. The van der Waals surface area contributed by atoms with Crippen molar-refractivity contribution in [3.05, 3.63) is 75.0 Å². The smallest absolute Gasteiger partial charge is 0.234 e. The average molecular weight is 413 g/mol. The summed E-state index contributed by atoms with van der Waals surface area (Å²) in [6.07, 6.45) is 2.66. The highest BCUT2D eigenvalue weighted by Crippen LogP contribution is 2.37. The molecule has 1 aromatic heterocycles. The number of aryl methyl sites for hydroxylation is 1. The van der Waals surface area contributed by atoms with Crippen LogP contribution in [0.5, 0.6) is 0 Å². The SMILES string of the molecule is Cc1ccc2sc(CNS(=O)(=O)C=Cc3ccccc3)c3c2c1CCN(C)C3. The first kappa shape index (κ1) is 19.3. The lowest BCUT2D eigenvalue weighted by atomic mass is 9.99. The molecule has 0 atom stereocenters. The number of nitrogens with zero attached hydrogens (tertiary/aromatic N) is 1. The van der Waals surface area contributed by atoms with Crippen LogP contribution >= 0.6 is 11.3 Å². The summed E-state index contributed by atoms with van der Waals surface area (Å²) in [6, 6.07) is 13.8. The average Bonchev–Trinajstić information content (AvgIpc) is 2.92. The predicted molar refractivity (Wildman–Crippen MR) is 118 cm³/mol. The summed E-state index contributed by atoms with van der Waals surface area (Å²) in [5, 5.41) is 2.58. The van der Waals surface area contributed by atoms with E-state index in [1.54, 1.807) is 17.4 Å². The Labute approximate surface area is 170 Å². The van der Waals surface area contributed by atoms with Crippen molar-refractivity contribution in [1.82, 2.24) is 9.62 Å². The van der Waals surface area contributed by atoms with Gasteiger partial charge in [0.2, 0.25) is 10.0 Å². The van der Waals surface area contributed by atoms with E-state index in [0.29, 0.717) is 6.54 Å². The number of hydrogen-bond acceptors (Lipinski definition) is 4. The number of likely N-dealkylation sites (N-methyl/N-ethyl adjacent to an activating group) is 1. The lowest BCUT2D eigenvalue weighted by Crippen LogP contribution is -2.22. The van der Waals surface area contributed by atoms with E-state index >= 15 is 0 Å². The van der Waals surface area contributed by atoms with Gasteiger partial charge in [0.1, 0.15) is 0 Å². The molecule has 0 spiro atoms. The second kappa shape index (κ2) is 7.79. The van der Waals surface area contributed by atoms with Gasteiger partial charge in [-0.25, -0.2) is 13.1 Å². The van der Waals surface area contributed by atoms with Gasteiger partial charge in [-0.3, -0.25) is 0 Å². The van der Waals surface area contributed by atoms with Crippen LogP contribution < -0.4 is 4.72 Å². The number of hydrogen-bond donors (Lipinski definition) is 1. The highest BCUT2D eigenvalue weighted by atomic mass is 32.2. The Hall–Kier alpha value is -1.99. The minimum absolute atomic E-state index is 0.322. The Kier molecular flexibility index (Phi) is 5.38. The molecule has 3 aromatic rings.